The lowest BCUT2D eigenvalue weighted by Crippen LogP contribution is -1.85. The van der Waals surface area contributed by atoms with Crippen molar-refractivity contribution in [1.82, 2.24) is 0 Å². The first-order chi connectivity index (χ1) is 10.1. The first-order valence-electron chi connectivity index (χ1n) is 6.16. The molecule has 0 unspecified atom stereocenters. The summed E-state index contributed by atoms with van der Waals surface area (Å²) < 4.78 is 11.3. The van der Waals surface area contributed by atoms with Gasteiger partial charge in [0, 0.05) is 27.6 Å². The SMILES string of the molecule is COc1ccc2cc(-c3ccc(Cl)cc3Cl)c(=S)oc2c1. The summed E-state index contributed by atoms with van der Waals surface area (Å²) in [4.78, 5) is 0. The Morgan fingerprint density at radius 2 is 1.81 bits per heavy atom. The van der Waals surface area contributed by atoms with E-state index in [2.05, 4.69) is 0 Å². The fraction of sp³-hybridized carbons (Fsp3) is 0.0625. The van der Waals surface area contributed by atoms with Gasteiger partial charge in [0.25, 0.3) is 0 Å². The maximum Gasteiger partial charge on any atom is 0.198 e. The number of methoxy groups -OCH3 is 1. The van der Waals surface area contributed by atoms with Gasteiger partial charge in [0.1, 0.15) is 11.3 Å². The van der Waals surface area contributed by atoms with Gasteiger partial charge in [-0.15, -0.1) is 0 Å². The second-order valence-corrected chi connectivity index (χ2v) is 5.69. The van der Waals surface area contributed by atoms with Gasteiger partial charge in [-0.05, 0) is 42.5 Å². The number of halogens is 2. The molecule has 0 saturated carbocycles. The summed E-state index contributed by atoms with van der Waals surface area (Å²) in [5.41, 5.74) is 2.24. The summed E-state index contributed by atoms with van der Waals surface area (Å²) in [6.45, 7) is 0. The summed E-state index contributed by atoms with van der Waals surface area (Å²) in [6.07, 6.45) is 0. The van der Waals surface area contributed by atoms with E-state index in [0.717, 1.165) is 22.3 Å². The molecule has 0 aliphatic carbocycles. The average molecular weight is 337 g/mol. The van der Waals surface area contributed by atoms with Crippen LogP contribution in [-0.2, 0) is 0 Å². The van der Waals surface area contributed by atoms with Gasteiger partial charge in [-0.3, -0.25) is 0 Å². The van der Waals surface area contributed by atoms with Crippen molar-refractivity contribution in [3.63, 3.8) is 0 Å². The van der Waals surface area contributed by atoms with Crippen molar-refractivity contribution in [1.29, 1.82) is 0 Å². The van der Waals surface area contributed by atoms with E-state index in [1.807, 2.05) is 24.3 Å². The molecule has 106 valence electrons. The van der Waals surface area contributed by atoms with Crippen LogP contribution in [0.4, 0.5) is 0 Å². The minimum atomic E-state index is 0.375. The highest BCUT2D eigenvalue weighted by molar-refractivity contribution is 7.71. The van der Waals surface area contributed by atoms with Crippen LogP contribution in [0.1, 0.15) is 0 Å². The van der Waals surface area contributed by atoms with Crippen LogP contribution >= 0.6 is 35.4 Å². The Hall–Kier alpha value is -1.55. The number of hydrogen-bond acceptors (Lipinski definition) is 3. The fourth-order valence-electron chi connectivity index (χ4n) is 2.11. The highest BCUT2D eigenvalue weighted by atomic mass is 35.5. The van der Waals surface area contributed by atoms with Crippen molar-refractivity contribution in [2.75, 3.05) is 7.11 Å². The van der Waals surface area contributed by atoms with Crippen LogP contribution < -0.4 is 4.74 Å². The molecule has 3 aromatic rings. The van der Waals surface area contributed by atoms with E-state index >= 15 is 0 Å². The fourth-order valence-corrected chi connectivity index (χ4v) is 2.88. The van der Waals surface area contributed by atoms with Gasteiger partial charge < -0.3 is 9.15 Å². The first kappa shape index (κ1) is 14.4. The van der Waals surface area contributed by atoms with E-state index in [1.54, 1.807) is 25.3 Å². The molecule has 2 aromatic carbocycles. The molecule has 0 spiro atoms. The Morgan fingerprint density at radius 3 is 2.52 bits per heavy atom. The van der Waals surface area contributed by atoms with Gasteiger partial charge in [0.15, 0.2) is 4.71 Å². The number of fused-ring (bicyclic) bond motifs is 1. The Morgan fingerprint density at radius 1 is 1.00 bits per heavy atom. The standard InChI is InChI=1S/C16H10Cl2O2S/c1-19-11-4-2-9-6-13(16(21)20-15(9)8-11)12-5-3-10(17)7-14(12)18/h2-8H,1H3. The van der Waals surface area contributed by atoms with Crippen LogP contribution in [0.5, 0.6) is 5.75 Å². The Labute approximate surface area is 136 Å². The summed E-state index contributed by atoms with van der Waals surface area (Å²) >= 11 is 17.5. The molecular formula is C16H10Cl2O2S. The molecule has 0 atom stereocenters. The van der Waals surface area contributed by atoms with Crippen molar-refractivity contribution in [3.05, 3.63) is 57.2 Å². The van der Waals surface area contributed by atoms with E-state index < -0.39 is 0 Å². The zero-order chi connectivity index (χ0) is 15.0. The normalized spacial score (nSPS) is 10.8. The second-order valence-electron chi connectivity index (χ2n) is 4.48. The van der Waals surface area contributed by atoms with Gasteiger partial charge in [0.05, 0.1) is 12.1 Å². The minimum absolute atomic E-state index is 0.375. The molecule has 5 heteroatoms. The van der Waals surface area contributed by atoms with Gasteiger partial charge in [-0.2, -0.15) is 0 Å². The molecular weight excluding hydrogens is 327 g/mol. The summed E-state index contributed by atoms with van der Waals surface area (Å²) in [6, 6.07) is 12.8. The zero-order valence-corrected chi connectivity index (χ0v) is 13.4. The number of ether oxygens (including phenoxy) is 1. The number of hydrogen-bond donors (Lipinski definition) is 0. The Kier molecular flexibility index (Phi) is 3.89. The molecule has 0 bridgehead atoms. The van der Waals surface area contributed by atoms with Gasteiger partial charge in [0.2, 0.25) is 0 Å². The number of benzene rings is 2. The maximum absolute atomic E-state index is 6.24. The van der Waals surface area contributed by atoms with Gasteiger partial charge in [-0.25, -0.2) is 0 Å². The zero-order valence-electron chi connectivity index (χ0n) is 11.0. The van der Waals surface area contributed by atoms with Crippen molar-refractivity contribution >= 4 is 46.4 Å². The predicted molar refractivity (Wildman–Crippen MR) is 89.1 cm³/mol. The molecule has 21 heavy (non-hydrogen) atoms. The molecule has 0 fully saturated rings. The largest absolute Gasteiger partial charge is 0.497 e. The van der Waals surface area contributed by atoms with E-state index in [4.69, 9.17) is 44.6 Å². The molecule has 3 rings (SSSR count). The highest BCUT2D eigenvalue weighted by Crippen LogP contribution is 2.34. The molecule has 0 amide bonds. The van der Waals surface area contributed by atoms with E-state index in [9.17, 15) is 0 Å². The van der Waals surface area contributed by atoms with Crippen LogP contribution in [0, 0.1) is 4.71 Å². The third-order valence-corrected chi connectivity index (χ3v) is 4.02. The molecule has 0 N–H and O–H groups in total. The molecule has 2 nitrogen and oxygen atoms in total. The monoisotopic (exact) mass is 336 g/mol. The van der Waals surface area contributed by atoms with Crippen LogP contribution in [0.15, 0.2) is 46.9 Å². The molecule has 0 aliphatic rings. The van der Waals surface area contributed by atoms with Crippen LogP contribution in [0.3, 0.4) is 0 Å². The van der Waals surface area contributed by atoms with Crippen molar-refractivity contribution in [2.45, 2.75) is 0 Å². The van der Waals surface area contributed by atoms with Gasteiger partial charge >= 0.3 is 0 Å². The first-order valence-corrected chi connectivity index (χ1v) is 7.32. The number of rotatable bonds is 2. The average Bonchev–Trinajstić information content (AvgIpc) is 2.46. The lowest BCUT2D eigenvalue weighted by molar-refractivity contribution is 0.414. The predicted octanol–water partition coefficient (Wildman–Crippen LogP) is 6.14. The Balaban J connectivity index is 2.24. The van der Waals surface area contributed by atoms with E-state index in [-0.39, 0.29) is 0 Å². The summed E-state index contributed by atoms with van der Waals surface area (Å²) in [7, 11) is 1.61. The molecule has 1 aromatic heterocycles. The maximum atomic E-state index is 6.24. The third-order valence-electron chi connectivity index (χ3n) is 3.16. The summed E-state index contributed by atoms with van der Waals surface area (Å²) in [5.74, 6) is 0.720. The topological polar surface area (TPSA) is 22.4 Å². The van der Waals surface area contributed by atoms with E-state index in [1.165, 1.54) is 0 Å². The minimum Gasteiger partial charge on any atom is -0.497 e. The smallest absolute Gasteiger partial charge is 0.198 e. The van der Waals surface area contributed by atoms with Gasteiger partial charge in [-0.1, -0.05) is 29.3 Å². The van der Waals surface area contributed by atoms with Crippen molar-refractivity contribution < 1.29 is 9.15 Å². The highest BCUT2D eigenvalue weighted by Gasteiger charge is 2.10. The van der Waals surface area contributed by atoms with Crippen LogP contribution in [-0.4, -0.2) is 7.11 Å². The lowest BCUT2D eigenvalue weighted by Gasteiger charge is -2.07. The second kappa shape index (κ2) is 5.68. The van der Waals surface area contributed by atoms with E-state index in [0.29, 0.717) is 20.3 Å². The van der Waals surface area contributed by atoms with Crippen molar-refractivity contribution in [2.24, 2.45) is 0 Å². The molecule has 0 saturated heterocycles. The van der Waals surface area contributed by atoms with Crippen molar-refractivity contribution in [3.8, 4) is 16.9 Å². The van der Waals surface area contributed by atoms with Crippen LogP contribution in [0.2, 0.25) is 10.0 Å². The summed E-state index contributed by atoms with van der Waals surface area (Å²) in [5, 5.41) is 2.04. The molecule has 0 radical (unpaired) electrons. The van der Waals surface area contributed by atoms with Crippen LogP contribution in [0.25, 0.3) is 22.1 Å². The third kappa shape index (κ3) is 2.77. The lowest BCUT2D eigenvalue weighted by atomic mass is 10.1. The molecule has 0 aliphatic heterocycles. The Bertz CT molecular complexity index is 887. The quantitative estimate of drug-likeness (QED) is 0.524. The molecule has 1 heterocycles.